The Morgan fingerprint density at radius 2 is 1.79 bits per heavy atom. The van der Waals surface area contributed by atoms with Crippen LogP contribution in [0.5, 0.6) is 5.75 Å². The maximum atomic E-state index is 13.1. The molecule has 3 atom stereocenters. The van der Waals surface area contributed by atoms with Crippen molar-refractivity contribution < 1.29 is 14.7 Å². The van der Waals surface area contributed by atoms with Gasteiger partial charge in [-0.2, -0.15) is 0 Å². The third-order valence-corrected chi connectivity index (χ3v) is 5.68. The van der Waals surface area contributed by atoms with Crippen molar-refractivity contribution in [3.8, 4) is 5.75 Å². The van der Waals surface area contributed by atoms with Crippen LogP contribution in [0.15, 0.2) is 24.3 Å². The Morgan fingerprint density at radius 1 is 1.08 bits per heavy atom. The van der Waals surface area contributed by atoms with Gasteiger partial charge in [0.05, 0.1) is 12.0 Å². The number of phenols is 1. The summed E-state index contributed by atoms with van der Waals surface area (Å²) in [6.45, 7) is 0. The van der Waals surface area contributed by atoms with E-state index in [1.807, 2.05) is 12.1 Å². The molecule has 2 aliphatic heterocycles. The van der Waals surface area contributed by atoms with Gasteiger partial charge in [0.2, 0.25) is 11.8 Å². The topological polar surface area (TPSA) is 72.9 Å². The number of carbonyl (C=O) groups is 2. The Kier molecular flexibility index (Phi) is 3.81. The number of nitrogens with one attached hydrogen (secondary N) is 1. The highest BCUT2D eigenvalue weighted by molar-refractivity contribution is 6.08. The molecule has 2 N–H and O–H groups in total. The van der Waals surface area contributed by atoms with Crippen LogP contribution in [0.2, 0.25) is 0 Å². The average Bonchev–Trinajstić information content (AvgIpc) is 3.05. The molecule has 1 aromatic rings. The second-order valence-electron chi connectivity index (χ2n) is 7.09. The molecule has 3 aliphatic rings. The molecule has 24 heavy (non-hydrogen) atoms. The van der Waals surface area contributed by atoms with Crippen molar-refractivity contribution in [3.63, 3.8) is 0 Å². The molecule has 2 heterocycles. The molecule has 0 unspecified atom stereocenters. The van der Waals surface area contributed by atoms with E-state index >= 15 is 0 Å². The lowest BCUT2D eigenvalue weighted by molar-refractivity contribution is -0.144. The van der Waals surface area contributed by atoms with Gasteiger partial charge in [0, 0.05) is 18.7 Å². The summed E-state index contributed by atoms with van der Waals surface area (Å²) in [5.41, 5.74) is 3.87. The van der Waals surface area contributed by atoms with Crippen LogP contribution in [0, 0.1) is 5.92 Å². The van der Waals surface area contributed by atoms with Crippen LogP contribution in [-0.4, -0.2) is 46.0 Å². The number of rotatable bonds is 2. The van der Waals surface area contributed by atoms with Crippen LogP contribution in [0.4, 0.5) is 0 Å². The molecular formula is C18H23N3O3. The van der Waals surface area contributed by atoms with Crippen LogP contribution in [0.1, 0.15) is 43.7 Å². The first-order valence-corrected chi connectivity index (χ1v) is 8.73. The van der Waals surface area contributed by atoms with E-state index in [-0.39, 0.29) is 29.6 Å². The minimum Gasteiger partial charge on any atom is -0.508 e. The van der Waals surface area contributed by atoms with Gasteiger partial charge in [0.25, 0.3) is 0 Å². The smallest absolute Gasteiger partial charge is 0.249 e. The number of fused-ring (bicyclic) bond motifs is 1. The lowest BCUT2D eigenvalue weighted by Gasteiger charge is -2.31. The van der Waals surface area contributed by atoms with Gasteiger partial charge in [-0.1, -0.05) is 37.5 Å². The summed E-state index contributed by atoms with van der Waals surface area (Å²) in [6, 6.07) is 6.21. The lowest BCUT2D eigenvalue weighted by atomic mass is 9.90. The van der Waals surface area contributed by atoms with Crippen molar-refractivity contribution >= 4 is 11.8 Å². The molecule has 1 saturated carbocycles. The number of likely N-dealkylation sites (N-methyl/N-ethyl adjacent to an activating group) is 1. The van der Waals surface area contributed by atoms with Gasteiger partial charge in [-0.3, -0.25) is 14.5 Å². The van der Waals surface area contributed by atoms with Crippen molar-refractivity contribution in [2.24, 2.45) is 5.92 Å². The van der Waals surface area contributed by atoms with Gasteiger partial charge >= 0.3 is 0 Å². The number of hydrogen-bond acceptors (Lipinski definition) is 5. The van der Waals surface area contributed by atoms with Gasteiger partial charge in [-0.15, -0.1) is 0 Å². The van der Waals surface area contributed by atoms with Crippen LogP contribution in [0.25, 0.3) is 0 Å². The van der Waals surface area contributed by atoms with Crippen LogP contribution < -0.4 is 5.43 Å². The molecule has 0 aromatic heterocycles. The number of likely N-dealkylation sites (tertiary alicyclic amines) is 1. The SMILES string of the molecule is CN1N[C@@H](c2ccccc2O)[C@@H]2C(=O)N(C3CCCCC3)C(=O)[C@@H]21. The lowest BCUT2D eigenvalue weighted by Crippen LogP contribution is -2.47. The zero-order valence-corrected chi connectivity index (χ0v) is 13.8. The summed E-state index contributed by atoms with van der Waals surface area (Å²) in [6.07, 6.45) is 5.16. The minimum absolute atomic E-state index is 0.0442. The fraction of sp³-hybridized carbons (Fsp3) is 0.556. The second-order valence-corrected chi connectivity index (χ2v) is 7.09. The van der Waals surface area contributed by atoms with Crippen molar-refractivity contribution in [2.45, 2.75) is 50.2 Å². The molecule has 0 spiro atoms. The zero-order valence-electron chi connectivity index (χ0n) is 13.8. The van der Waals surface area contributed by atoms with E-state index in [0.29, 0.717) is 5.56 Å². The van der Waals surface area contributed by atoms with Gasteiger partial charge in [-0.05, 0) is 18.9 Å². The predicted molar refractivity (Wildman–Crippen MR) is 87.8 cm³/mol. The fourth-order valence-corrected chi connectivity index (χ4v) is 4.52. The molecule has 1 aromatic carbocycles. The molecule has 0 radical (unpaired) electrons. The summed E-state index contributed by atoms with van der Waals surface area (Å²) in [7, 11) is 1.80. The maximum Gasteiger partial charge on any atom is 0.249 e. The van der Waals surface area contributed by atoms with Crippen LogP contribution in [0.3, 0.4) is 0 Å². The monoisotopic (exact) mass is 329 g/mol. The van der Waals surface area contributed by atoms with Crippen molar-refractivity contribution in [3.05, 3.63) is 29.8 Å². The number of nitrogens with zero attached hydrogens (tertiary/aromatic N) is 2. The summed E-state index contributed by atoms with van der Waals surface area (Å²) in [5, 5.41) is 11.9. The second kappa shape index (κ2) is 5.86. The number of benzene rings is 1. The van der Waals surface area contributed by atoms with E-state index in [1.54, 1.807) is 24.2 Å². The fourth-order valence-electron chi connectivity index (χ4n) is 4.52. The standard InChI is InChI=1S/C18H23N3O3/c1-20-16-14(15(19-20)12-9-5-6-10-13(12)22)17(23)21(18(16)24)11-7-3-2-4-8-11/h5-6,9-11,14-16,19,22H,2-4,7-8H2,1H3/t14-,15-,16+/m0/s1. The van der Waals surface area contributed by atoms with Gasteiger partial charge < -0.3 is 5.11 Å². The molecule has 3 fully saturated rings. The number of hydrogen-bond donors (Lipinski definition) is 2. The van der Waals surface area contributed by atoms with E-state index < -0.39 is 12.0 Å². The molecular weight excluding hydrogens is 306 g/mol. The molecule has 128 valence electrons. The third kappa shape index (κ3) is 2.24. The highest BCUT2D eigenvalue weighted by atomic mass is 16.3. The molecule has 2 amide bonds. The Morgan fingerprint density at radius 3 is 2.50 bits per heavy atom. The Labute approximate surface area is 141 Å². The summed E-state index contributed by atoms with van der Waals surface area (Å²) in [4.78, 5) is 27.6. The van der Waals surface area contributed by atoms with E-state index in [4.69, 9.17) is 0 Å². The number of phenolic OH excluding ortho intramolecular Hbond substituents is 1. The molecule has 4 rings (SSSR count). The number of amides is 2. The van der Waals surface area contributed by atoms with Crippen molar-refractivity contribution in [2.75, 3.05) is 7.05 Å². The number of aromatic hydroxyl groups is 1. The first-order chi connectivity index (χ1) is 11.6. The minimum atomic E-state index is -0.482. The number of para-hydroxylation sites is 1. The molecule has 0 bridgehead atoms. The highest BCUT2D eigenvalue weighted by Crippen LogP contribution is 2.43. The number of imide groups is 1. The molecule has 6 heteroatoms. The van der Waals surface area contributed by atoms with Crippen LogP contribution in [-0.2, 0) is 9.59 Å². The largest absolute Gasteiger partial charge is 0.508 e. The van der Waals surface area contributed by atoms with Crippen molar-refractivity contribution in [1.82, 2.24) is 15.3 Å². The average molecular weight is 329 g/mol. The zero-order chi connectivity index (χ0) is 16.8. The predicted octanol–water partition coefficient (Wildman–Crippen LogP) is 1.57. The quantitative estimate of drug-likeness (QED) is 0.806. The normalized spacial score (nSPS) is 31.7. The van der Waals surface area contributed by atoms with Crippen molar-refractivity contribution in [1.29, 1.82) is 0 Å². The van der Waals surface area contributed by atoms with Gasteiger partial charge in [0.15, 0.2) is 0 Å². The number of carbonyl (C=O) groups excluding carboxylic acids is 2. The Balaban J connectivity index is 1.67. The summed E-state index contributed by atoms with van der Waals surface area (Å²) < 4.78 is 0. The van der Waals surface area contributed by atoms with Gasteiger partial charge in [0.1, 0.15) is 11.8 Å². The van der Waals surface area contributed by atoms with Crippen LogP contribution >= 0.6 is 0 Å². The van der Waals surface area contributed by atoms with E-state index in [0.717, 1.165) is 25.7 Å². The van der Waals surface area contributed by atoms with Gasteiger partial charge in [-0.25, -0.2) is 10.4 Å². The Bertz CT molecular complexity index is 671. The summed E-state index contributed by atoms with van der Waals surface area (Å²) in [5.74, 6) is -0.509. The molecule has 6 nitrogen and oxygen atoms in total. The first kappa shape index (κ1) is 15.6. The highest BCUT2D eigenvalue weighted by Gasteiger charge is 2.59. The number of hydrazine groups is 1. The van der Waals surface area contributed by atoms with E-state index in [9.17, 15) is 14.7 Å². The van der Waals surface area contributed by atoms with E-state index in [1.165, 1.54) is 11.3 Å². The first-order valence-electron chi connectivity index (χ1n) is 8.73. The molecule has 2 saturated heterocycles. The molecule has 1 aliphatic carbocycles. The maximum absolute atomic E-state index is 13.1. The van der Waals surface area contributed by atoms with E-state index in [2.05, 4.69) is 5.43 Å². The third-order valence-electron chi connectivity index (χ3n) is 5.68. The Hall–Kier alpha value is -1.92. The summed E-state index contributed by atoms with van der Waals surface area (Å²) >= 11 is 0.